The average molecular weight is 187 g/mol. The second kappa shape index (κ2) is 5.32. The average Bonchev–Trinajstić information content (AvgIpc) is 2.65. The van der Waals surface area contributed by atoms with Crippen LogP contribution in [0.15, 0.2) is 0 Å². The number of aliphatic hydroxyl groups excluding tert-OH is 1. The van der Waals surface area contributed by atoms with Crippen LogP contribution in [0.1, 0.15) is 19.8 Å². The minimum Gasteiger partial charge on any atom is -0.389 e. The third-order valence-corrected chi connectivity index (χ3v) is 2.32. The quantitative estimate of drug-likeness (QED) is 0.620. The van der Waals surface area contributed by atoms with Crippen molar-refractivity contribution >= 4 is 5.78 Å². The van der Waals surface area contributed by atoms with E-state index in [0.29, 0.717) is 6.61 Å². The van der Waals surface area contributed by atoms with Crippen LogP contribution in [0.2, 0.25) is 0 Å². The second-order valence-corrected chi connectivity index (χ2v) is 3.31. The van der Waals surface area contributed by atoms with Crippen LogP contribution in [0.5, 0.6) is 0 Å². The predicted octanol–water partition coefficient (Wildman–Crippen LogP) is -0.295. The Hall–Kier alpha value is -0.450. The molecule has 0 saturated carbocycles. The highest BCUT2D eigenvalue weighted by molar-refractivity contribution is 5.84. The number of ether oxygens (including phenoxy) is 1. The Morgan fingerprint density at radius 3 is 3.00 bits per heavy atom. The van der Waals surface area contributed by atoms with E-state index in [1.165, 1.54) is 0 Å². The van der Waals surface area contributed by atoms with Crippen LogP contribution in [0.3, 0.4) is 0 Å². The maximum Gasteiger partial charge on any atom is 0.174 e. The SMILES string of the molecule is CC[C@@H](NC1CCOC1)C(=O)CO. The zero-order valence-corrected chi connectivity index (χ0v) is 7.95. The molecule has 76 valence electrons. The zero-order chi connectivity index (χ0) is 9.68. The molecule has 0 aliphatic carbocycles. The molecular formula is C9H17NO3. The van der Waals surface area contributed by atoms with Crippen molar-refractivity contribution in [2.75, 3.05) is 19.8 Å². The third-order valence-electron chi connectivity index (χ3n) is 2.32. The normalized spacial score (nSPS) is 24.6. The Labute approximate surface area is 78.3 Å². The largest absolute Gasteiger partial charge is 0.389 e. The van der Waals surface area contributed by atoms with Crippen LogP contribution >= 0.6 is 0 Å². The van der Waals surface area contributed by atoms with Crippen molar-refractivity contribution in [3.05, 3.63) is 0 Å². The van der Waals surface area contributed by atoms with Gasteiger partial charge in [0.25, 0.3) is 0 Å². The lowest BCUT2D eigenvalue weighted by Crippen LogP contribution is -2.44. The molecule has 0 bridgehead atoms. The highest BCUT2D eigenvalue weighted by Crippen LogP contribution is 2.06. The number of carbonyl (C=O) groups excluding carboxylic acids is 1. The van der Waals surface area contributed by atoms with Crippen molar-refractivity contribution in [3.63, 3.8) is 0 Å². The molecule has 0 aromatic rings. The molecule has 1 fully saturated rings. The first kappa shape index (κ1) is 10.6. The number of Topliss-reactive ketones (excluding diaryl/α,β-unsaturated/α-hetero) is 1. The summed E-state index contributed by atoms with van der Waals surface area (Å²) in [6, 6.07) is 0.0668. The number of carbonyl (C=O) groups is 1. The van der Waals surface area contributed by atoms with Gasteiger partial charge in [-0.25, -0.2) is 0 Å². The van der Waals surface area contributed by atoms with E-state index in [2.05, 4.69) is 5.32 Å². The van der Waals surface area contributed by atoms with Crippen LogP contribution in [0, 0.1) is 0 Å². The van der Waals surface area contributed by atoms with Gasteiger partial charge in [0, 0.05) is 12.6 Å². The van der Waals surface area contributed by atoms with Crippen LogP contribution in [0.4, 0.5) is 0 Å². The molecule has 0 radical (unpaired) electrons. The lowest BCUT2D eigenvalue weighted by molar-refractivity contribution is -0.124. The summed E-state index contributed by atoms with van der Waals surface area (Å²) in [5.74, 6) is -0.130. The topological polar surface area (TPSA) is 58.6 Å². The number of nitrogens with one attached hydrogen (secondary N) is 1. The molecule has 4 heteroatoms. The molecule has 0 spiro atoms. The summed E-state index contributed by atoms with van der Waals surface area (Å²) in [5.41, 5.74) is 0. The van der Waals surface area contributed by atoms with Crippen molar-refractivity contribution in [2.24, 2.45) is 0 Å². The van der Waals surface area contributed by atoms with Crippen molar-refractivity contribution in [3.8, 4) is 0 Å². The van der Waals surface area contributed by atoms with E-state index in [0.717, 1.165) is 19.4 Å². The number of aliphatic hydroxyl groups is 1. The van der Waals surface area contributed by atoms with Gasteiger partial charge in [-0.1, -0.05) is 6.92 Å². The van der Waals surface area contributed by atoms with E-state index in [-0.39, 0.29) is 24.5 Å². The summed E-state index contributed by atoms with van der Waals surface area (Å²) < 4.78 is 5.18. The standard InChI is InChI=1S/C9H17NO3/c1-2-8(9(12)5-11)10-7-3-4-13-6-7/h7-8,10-11H,2-6H2,1H3/t7?,8-/m1/s1. The van der Waals surface area contributed by atoms with Gasteiger partial charge in [0.05, 0.1) is 12.6 Å². The molecule has 1 aliphatic heterocycles. The van der Waals surface area contributed by atoms with Crippen molar-refractivity contribution in [1.82, 2.24) is 5.32 Å². The lowest BCUT2D eigenvalue weighted by Gasteiger charge is -2.18. The Bertz CT molecular complexity index is 166. The van der Waals surface area contributed by atoms with Gasteiger partial charge in [-0.3, -0.25) is 4.79 Å². The molecule has 1 saturated heterocycles. The van der Waals surface area contributed by atoms with Gasteiger partial charge in [-0.2, -0.15) is 0 Å². The predicted molar refractivity (Wildman–Crippen MR) is 48.5 cm³/mol. The van der Waals surface area contributed by atoms with Crippen LogP contribution in [0.25, 0.3) is 0 Å². The van der Waals surface area contributed by atoms with Gasteiger partial charge in [0.2, 0.25) is 0 Å². The van der Waals surface area contributed by atoms with Crippen LogP contribution in [-0.2, 0) is 9.53 Å². The van der Waals surface area contributed by atoms with Crippen molar-refractivity contribution in [2.45, 2.75) is 31.8 Å². The highest BCUT2D eigenvalue weighted by Gasteiger charge is 2.22. The third kappa shape index (κ3) is 3.06. The maximum absolute atomic E-state index is 11.2. The summed E-state index contributed by atoms with van der Waals surface area (Å²) in [4.78, 5) is 11.2. The fourth-order valence-electron chi connectivity index (χ4n) is 1.50. The Balaban J connectivity index is 2.33. The smallest absolute Gasteiger partial charge is 0.174 e. The first-order valence-electron chi connectivity index (χ1n) is 4.75. The summed E-state index contributed by atoms with van der Waals surface area (Å²) in [6.45, 7) is 3.00. The summed E-state index contributed by atoms with van der Waals surface area (Å²) in [6.07, 6.45) is 1.67. The first-order chi connectivity index (χ1) is 6.27. The summed E-state index contributed by atoms with van der Waals surface area (Å²) in [7, 11) is 0. The van der Waals surface area contributed by atoms with Gasteiger partial charge in [0.1, 0.15) is 6.61 Å². The summed E-state index contributed by atoms with van der Waals surface area (Å²) in [5, 5.41) is 11.9. The van der Waals surface area contributed by atoms with E-state index < -0.39 is 0 Å². The summed E-state index contributed by atoms with van der Waals surface area (Å²) >= 11 is 0. The molecule has 2 N–H and O–H groups in total. The Morgan fingerprint density at radius 1 is 1.77 bits per heavy atom. The second-order valence-electron chi connectivity index (χ2n) is 3.31. The van der Waals surface area contributed by atoms with Crippen LogP contribution < -0.4 is 5.32 Å². The molecule has 1 unspecified atom stereocenters. The molecule has 1 rings (SSSR count). The lowest BCUT2D eigenvalue weighted by atomic mass is 10.1. The Morgan fingerprint density at radius 2 is 2.54 bits per heavy atom. The van der Waals surface area contributed by atoms with Crippen LogP contribution in [-0.4, -0.2) is 42.8 Å². The minimum absolute atomic E-state index is 0.130. The molecular weight excluding hydrogens is 170 g/mol. The number of hydrogen-bond donors (Lipinski definition) is 2. The zero-order valence-electron chi connectivity index (χ0n) is 7.95. The molecule has 2 atom stereocenters. The van der Waals surface area contributed by atoms with E-state index in [9.17, 15) is 4.79 Å². The van der Waals surface area contributed by atoms with Gasteiger partial charge < -0.3 is 15.2 Å². The Kier molecular flexibility index (Phi) is 4.35. The highest BCUT2D eigenvalue weighted by atomic mass is 16.5. The fraction of sp³-hybridized carbons (Fsp3) is 0.889. The fourth-order valence-corrected chi connectivity index (χ4v) is 1.50. The van der Waals surface area contributed by atoms with E-state index in [4.69, 9.17) is 9.84 Å². The molecule has 13 heavy (non-hydrogen) atoms. The minimum atomic E-state index is -0.376. The number of ketones is 1. The van der Waals surface area contributed by atoms with Gasteiger partial charge in [0.15, 0.2) is 5.78 Å². The van der Waals surface area contributed by atoms with E-state index >= 15 is 0 Å². The molecule has 1 aliphatic rings. The molecule has 0 amide bonds. The van der Waals surface area contributed by atoms with E-state index in [1.54, 1.807) is 0 Å². The van der Waals surface area contributed by atoms with Gasteiger partial charge in [-0.15, -0.1) is 0 Å². The molecule has 0 aromatic carbocycles. The molecule has 0 aromatic heterocycles. The monoisotopic (exact) mass is 187 g/mol. The first-order valence-corrected chi connectivity index (χ1v) is 4.75. The number of rotatable bonds is 5. The maximum atomic E-state index is 11.2. The molecule has 4 nitrogen and oxygen atoms in total. The van der Waals surface area contributed by atoms with E-state index in [1.807, 2.05) is 6.92 Å². The van der Waals surface area contributed by atoms with Gasteiger partial charge in [-0.05, 0) is 12.8 Å². The van der Waals surface area contributed by atoms with Crippen molar-refractivity contribution < 1.29 is 14.6 Å². The number of hydrogen-bond acceptors (Lipinski definition) is 4. The van der Waals surface area contributed by atoms with Crippen molar-refractivity contribution in [1.29, 1.82) is 0 Å². The van der Waals surface area contributed by atoms with Gasteiger partial charge >= 0.3 is 0 Å². The molecule has 1 heterocycles.